The molecule has 0 aromatic heterocycles. The third-order valence-corrected chi connectivity index (χ3v) is 3.47. The van der Waals surface area contributed by atoms with Crippen LogP contribution in [0.2, 0.25) is 10.0 Å². The SMILES string of the molecule is Cc1c(O)cccc1C(=O)Nc1ccc(Cl)c(Cl)c1. The van der Waals surface area contributed by atoms with Crippen molar-refractivity contribution in [3.63, 3.8) is 0 Å². The van der Waals surface area contributed by atoms with Crippen LogP contribution in [0.4, 0.5) is 5.69 Å². The van der Waals surface area contributed by atoms with E-state index in [2.05, 4.69) is 5.32 Å². The Morgan fingerprint density at radius 3 is 2.58 bits per heavy atom. The Kier molecular flexibility index (Phi) is 3.98. The molecule has 0 saturated heterocycles. The quantitative estimate of drug-likeness (QED) is 0.870. The van der Waals surface area contributed by atoms with E-state index >= 15 is 0 Å². The summed E-state index contributed by atoms with van der Waals surface area (Å²) in [7, 11) is 0. The van der Waals surface area contributed by atoms with Gasteiger partial charge in [0, 0.05) is 16.8 Å². The number of nitrogens with one attached hydrogen (secondary N) is 1. The van der Waals surface area contributed by atoms with Crippen LogP contribution in [0.1, 0.15) is 15.9 Å². The van der Waals surface area contributed by atoms with Crippen LogP contribution in [0, 0.1) is 6.92 Å². The minimum Gasteiger partial charge on any atom is -0.508 e. The Hall–Kier alpha value is -1.71. The number of aromatic hydroxyl groups is 1. The molecule has 0 aliphatic heterocycles. The van der Waals surface area contributed by atoms with Gasteiger partial charge < -0.3 is 10.4 Å². The average molecular weight is 296 g/mol. The maximum atomic E-state index is 12.1. The summed E-state index contributed by atoms with van der Waals surface area (Å²) in [6, 6.07) is 9.62. The Morgan fingerprint density at radius 2 is 1.89 bits per heavy atom. The molecule has 2 N–H and O–H groups in total. The number of carbonyl (C=O) groups is 1. The molecular weight excluding hydrogens is 285 g/mol. The summed E-state index contributed by atoms with van der Waals surface area (Å²) >= 11 is 11.7. The van der Waals surface area contributed by atoms with Crippen LogP contribution in [0.5, 0.6) is 5.75 Å². The molecule has 0 unspecified atom stereocenters. The minimum absolute atomic E-state index is 0.0850. The zero-order chi connectivity index (χ0) is 14.0. The van der Waals surface area contributed by atoms with Gasteiger partial charge in [-0.25, -0.2) is 0 Å². The normalized spacial score (nSPS) is 10.3. The molecule has 2 rings (SSSR count). The Morgan fingerprint density at radius 1 is 1.16 bits per heavy atom. The van der Waals surface area contributed by atoms with Crippen LogP contribution in [-0.4, -0.2) is 11.0 Å². The van der Waals surface area contributed by atoms with Crippen molar-refractivity contribution in [1.82, 2.24) is 0 Å². The van der Waals surface area contributed by atoms with E-state index in [1.165, 1.54) is 6.07 Å². The summed E-state index contributed by atoms with van der Waals surface area (Å²) in [4.78, 5) is 12.1. The van der Waals surface area contributed by atoms with E-state index in [1.54, 1.807) is 37.3 Å². The number of carbonyl (C=O) groups excluding carboxylic acids is 1. The molecule has 0 atom stereocenters. The van der Waals surface area contributed by atoms with E-state index < -0.39 is 0 Å². The molecule has 3 nitrogen and oxygen atoms in total. The number of hydrogen-bond donors (Lipinski definition) is 2. The summed E-state index contributed by atoms with van der Waals surface area (Å²) in [6.07, 6.45) is 0. The molecule has 0 radical (unpaired) electrons. The molecule has 0 fully saturated rings. The number of benzene rings is 2. The van der Waals surface area contributed by atoms with Crippen molar-refractivity contribution in [1.29, 1.82) is 0 Å². The Labute approximate surface area is 120 Å². The topological polar surface area (TPSA) is 49.3 Å². The molecule has 5 heteroatoms. The largest absolute Gasteiger partial charge is 0.508 e. The first kappa shape index (κ1) is 13.7. The van der Waals surface area contributed by atoms with Crippen molar-refractivity contribution < 1.29 is 9.90 Å². The van der Waals surface area contributed by atoms with Crippen LogP contribution in [0.25, 0.3) is 0 Å². The highest BCUT2D eigenvalue weighted by Gasteiger charge is 2.12. The second kappa shape index (κ2) is 5.51. The molecule has 0 aliphatic rings. The lowest BCUT2D eigenvalue weighted by molar-refractivity contribution is 0.102. The van der Waals surface area contributed by atoms with Gasteiger partial charge in [0.2, 0.25) is 0 Å². The number of anilines is 1. The van der Waals surface area contributed by atoms with Gasteiger partial charge in [0.1, 0.15) is 5.75 Å². The smallest absolute Gasteiger partial charge is 0.256 e. The molecule has 0 spiro atoms. The molecular formula is C14H11Cl2NO2. The second-order valence-corrected chi connectivity index (χ2v) is 4.85. The van der Waals surface area contributed by atoms with Crippen molar-refractivity contribution in [2.75, 3.05) is 5.32 Å². The molecule has 0 heterocycles. The van der Waals surface area contributed by atoms with Crippen LogP contribution in [0.3, 0.4) is 0 Å². The summed E-state index contributed by atoms with van der Waals surface area (Å²) < 4.78 is 0. The number of halogens is 2. The van der Waals surface area contributed by atoms with Crippen molar-refractivity contribution in [3.8, 4) is 5.75 Å². The molecule has 19 heavy (non-hydrogen) atoms. The zero-order valence-electron chi connectivity index (χ0n) is 10.1. The summed E-state index contributed by atoms with van der Waals surface area (Å²) in [6.45, 7) is 1.68. The van der Waals surface area contributed by atoms with E-state index in [4.69, 9.17) is 23.2 Å². The summed E-state index contributed by atoms with van der Waals surface area (Å²) in [5, 5.41) is 13.1. The van der Waals surface area contributed by atoms with Crippen LogP contribution >= 0.6 is 23.2 Å². The number of phenols is 1. The lowest BCUT2D eigenvalue weighted by Crippen LogP contribution is -2.13. The number of amides is 1. The van der Waals surface area contributed by atoms with Gasteiger partial charge in [-0.3, -0.25) is 4.79 Å². The van der Waals surface area contributed by atoms with Gasteiger partial charge in [-0.15, -0.1) is 0 Å². The zero-order valence-corrected chi connectivity index (χ0v) is 11.6. The number of hydrogen-bond acceptors (Lipinski definition) is 2. The van der Waals surface area contributed by atoms with Crippen molar-refractivity contribution in [2.45, 2.75) is 6.92 Å². The highest BCUT2D eigenvalue weighted by atomic mass is 35.5. The van der Waals surface area contributed by atoms with Gasteiger partial charge in [0.05, 0.1) is 10.0 Å². The standard InChI is InChI=1S/C14H11Cl2NO2/c1-8-10(3-2-4-13(8)18)14(19)17-9-5-6-11(15)12(16)7-9/h2-7,18H,1H3,(H,17,19). The van der Waals surface area contributed by atoms with E-state index in [0.717, 1.165) is 0 Å². The lowest BCUT2D eigenvalue weighted by Gasteiger charge is -2.09. The first-order valence-corrected chi connectivity index (χ1v) is 6.29. The summed E-state index contributed by atoms with van der Waals surface area (Å²) in [5.41, 5.74) is 1.48. The van der Waals surface area contributed by atoms with Crippen LogP contribution < -0.4 is 5.32 Å². The van der Waals surface area contributed by atoms with Gasteiger partial charge in [0.25, 0.3) is 5.91 Å². The summed E-state index contributed by atoms with van der Waals surface area (Å²) in [5.74, 6) is -0.228. The lowest BCUT2D eigenvalue weighted by atomic mass is 10.1. The van der Waals surface area contributed by atoms with Crippen LogP contribution in [0.15, 0.2) is 36.4 Å². The van der Waals surface area contributed by atoms with Crippen molar-refractivity contribution in [3.05, 3.63) is 57.6 Å². The average Bonchev–Trinajstić information content (AvgIpc) is 2.37. The monoisotopic (exact) mass is 295 g/mol. The molecule has 0 bridgehead atoms. The molecule has 2 aromatic carbocycles. The van der Waals surface area contributed by atoms with Crippen molar-refractivity contribution in [2.24, 2.45) is 0 Å². The Bertz CT molecular complexity index is 641. The van der Waals surface area contributed by atoms with Gasteiger partial charge in [0.15, 0.2) is 0 Å². The maximum Gasteiger partial charge on any atom is 0.256 e. The fraction of sp³-hybridized carbons (Fsp3) is 0.0714. The van der Waals surface area contributed by atoms with Gasteiger partial charge in [-0.1, -0.05) is 29.3 Å². The predicted octanol–water partition coefficient (Wildman–Crippen LogP) is 4.26. The van der Waals surface area contributed by atoms with Gasteiger partial charge in [-0.2, -0.15) is 0 Å². The van der Waals surface area contributed by atoms with E-state index in [0.29, 0.717) is 26.9 Å². The van der Waals surface area contributed by atoms with Gasteiger partial charge in [-0.05, 0) is 37.3 Å². The Balaban J connectivity index is 2.26. The first-order valence-electron chi connectivity index (χ1n) is 5.54. The molecule has 0 aliphatic carbocycles. The molecule has 0 saturated carbocycles. The highest BCUT2D eigenvalue weighted by Crippen LogP contribution is 2.26. The third-order valence-electron chi connectivity index (χ3n) is 2.73. The third kappa shape index (κ3) is 3.00. The van der Waals surface area contributed by atoms with E-state index in [9.17, 15) is 9.90 Å². The fourth-order valence-electron chi connectivity index (χ4n) is 1.64. The highest BCUT2D eigenvalue weighted by molar-refractivity contribution is 6.42. The molecule has 98 valence electrons. The number of rotatable bonds is 2. The van der Waals surface area contributed by atoms with E-state index in [1.807, 2.05) is 0 Å². The molecule has 2 aromatic rings. The maximum absolute atomic E-state index is 12.1. The predicted molar refractivity (Wildman–Crippen MR) is 77.3 cm³/mol. The minimum atomic E-state index is -0.313. The van der Waals surface area contributed by atoms with Crippen LogP contribution in [-0.2, 0) is 0 Å². The first-order chi connectivity index (χ1) is 8.99. The van der Waals surface area contributed by atoms with Gasteiger partial charge >= 0.3 is 0 Å². The fourth-order valence-corrected chi connectivity index (χ4v) is 1.94. The van der Waals surface area contributed by atoms with Crippen molar-refractivity contribution >= 4 is 34.8 Å². The number of phenolic OH excluding ortho intramolecular Hbond substituents is 1. The van der Waals surface area contributed by atoms with E-state index in [-0.39, 0.29) is 11.7 Å². The second-order valence-electron chi connectivity index (χ2n) is 4.03. The molecule has 1 amide bonds.